The Morgan fingerprint density at radius 2 is 1.40 bits per heavy atom. The summed E-state index contributed by atoms with van der Waals surface area (Å²) in [4.78, 5) is 0. The van der Waals surface area contributed by atoms with Gasteiger partial charge < -0.3 is 15.9 Å². The van der Waals surface area contributed by atoms with Crippen LogP contribution in [0.2, 0.25) is 0 Å². The van der Waals surface area contributed by atoms with Crippen molar-refractivity contribution >= 4 is 0 Å². The highest BCUT2D eigenvalue weighted by atomic mass is 16.3. The maximum absolute atomic E-state index is 10.1. The fourth-order valence-electron chi connectivity index (χ4n) is 1.18. The van der Waals surface area contributed by atoms with Crippen molar-refractivity contribution in [3.8, 4) is 0 Å². The molecule has 0 spiro atoms. The first-order valence-corrected chi connectivity index (χ1v) is 6.10. The summed E-state index contributed by atoms with van der Waals surface area (Å²) in [5.41, 5.74) is 3.19. The zero-order chi connectivity index (χ0) is 12.1. The molecule has 0 bridgehead atoms. The topological polar surface area (TPSA) is 70.9 Å². The average Bonchev–Trinajstić information content (AvgIpc) is 2.09. The van der Waals surface area contributed by atoms with Gasteiger partial charge in [-0.3, -0.25) is 0 Å². The Morgan fingerprint density at radius 1 is 1.00 bits per heavy atom. The molecular weight excluding hydrogens is 190 g/mol. The van der Waals surface area contributed by atoms with E-state index in [1.54, 1.807) is 6.92 Å². The minimum atomic E-state index is -0.417. The minimum absolute atomic E-state index is 0.115. The molecule has 4 N–H and O–H groups in total. The number of quaternary nitrogens is 1. The van der Waals surface area contributed by atoms with Gasteiger partial charge >= 0.3 is 0 Å². The van der Waals surface area contributed by atoms with Gasteiger partial charge in [-0.15, -0.1) is 6.61 Å². The quantitative estimate of drug-likeness (QED) is 0.493. The van der Waals surface area contributed by atoms with E-state index in [0.29, 0.717) is 0 Å². The number of aliphatic hydroxyl groups excluding tert-OH is 1. The second kappa shape index (κ2) is 13.9. The summed E-state index contributed by atoms with van der Waals surface area (Å²) in [6.45, 7) is 6.25. The van der Waals surface area contributed by atoms with E-state index in [2.05, 4.69) is 19.6 Å². The van der Waals surface area contributed by atoms with Gasteiger partial charge in [0.15, 0.2) is 6.23 Å². The lowest BCUT2D eigenvalue weighted by molar-refractivity contribution is -0.475. The van der Waals surface area contributed by atoms with Gasteiger partial charge in [0, 0.05) is 6.92 Å². The lowest BCUT2D eigenvalue weighted by Gasteiger charge is -2.05. The summed E-state index contributed by atoms with van der Waals surface area (Å²) in [5.74, 6) is 0.842. The molecule has 94 valence electrons. The Labute approximate surface area is 94.7 Å². The largest absolute Gasteiger partial charge is 0.854 e. The molecule has 1 atom stereocenters. The fourth-order valence-corrected chi connectivity index (χ4v) is 1.18. The van der Waals surface area contributed by atoms with E-state index >= 15 is 0 Å². The normalized spacial score (nSPS) is 12.2. The van der Waals surface area contributed by atoms with Gasteiger partial charge in [-0.25, -0.2) is 0 Å². The summed E-state index contributed by atoms with van der Waals surface area (Å²) in [5, 5.41) is 18.0. The Bertz CT molecular complexity index is 103. The van der Waals surface area contributed by atoms with Crippen molar-refractivity contribution in [3.63, 3.8) is 0 Å². The monoisotopic (exact) mass is 219 g/mol. The Balaban J connectivity index is 0. The van der Waals surface area contributed by atoms with Gasteiger partial charge in [-0.2, -0.15) is 0 Å². The predicted octanol–water partition coefficient (Wildman–Crippen LogP) is 0.910. The van der Waals surface area contributed by atoms with E-state index in [1.165, 1.54) is 25.7 Å². The molecule has 0 aromatic rings. The number of rotatable bonds is 7. The van der Waals surface area contributed by atoms with Crippen LogP contribution in [-0.4, -0.2) is 17.9 Å². The summed E-state index contributed by atoms with van der Waals surface area (Å²) in [6.07, 6.45) is 6.87. The van der Waals surface area contributed by atoms with Crippen LogP contribution in [0.15, 0.2) is 0 Å². The van der Waals surface area contributed by atoms with Crippen molar-refractivity contribution in [1.29, 1.82) is 0 Å². The van der Waals surface area contributed by atoms with Gasteiger partial charge in [-0.1, -0.05) is 52.4 Å². The van der Waals surface area contributed by atoms with Gasteiger partial charge in [0.05, 0.1) is 0 Å². The summed E-state index contributed by atoms with van der Waals surface area (Å²) < 4.78 is 0. The first kappa shape index (κ1) is 17.3. The van der Waals surface area contributed by atoms with Gasteiger partial charge in [0.1, 0.15) is 0 Å². The van der Waals surface area contributed by atoms with Crippen molar-refractivity contribution in [3.05, 3.63) is 0 Å². The van der Waals surface area contributed by atoms with Gasteiger partial charge in [0.25, 0.3) is 0 Å². The van der Waals surface area contributed by atoms with E-state index in [0.717, 1.165) is 18.8 Å². The van der Waals surface area contributed by atoms with Crippen LogP contribution in [-0.2, 0) is 0 Å². The fraction of sp³-hybridized carbons (Fsp3) is 1.00. The summed E-state index contributed by atoms with van der Waals surface area (Å²) >= 11 is 0. The van der Waals surface area contributed by atoms with Crippen molar-refractivity contribution in [2.45, 2.75) is 65.5 Å². The molecule has 15 heavy (non-hydrogen) atoms. The molecule has 0 aliphatic rings. The lowest BCUT2D eigenvalue weighted by Crippen LogP contribution is -2.58. The molecule has 0 aromatic heterocycles. The molecule has 0 radical (unpaired) electrons. The van der Waals surface area contributed by atoms with E-state index in [-0.39, 0.29) is 6.61 Å². The number of hydrogen-bond acceptors (Lipinski definition) is 2. The molecule has 0 saturated heterocycles. The Hall–Kier alpha value is -0.120. The number of unbranched alkanes of at least 4 members (excludes halogenated alkanes) is 4. The molecule has 0 aromatic carbocycles. The van der Waals surface area contributed by atoms with Gasteiger partial charge in [0.2, 0.25) is 0 Å². The van der Waals surface area contributed by atoms with Crippen LogP contribution in [0.4, 0.5) is 0 Å². The van der Waals surface area contributed by atoms with E-state index in [1.807, 2.05) is 0 Å². The van der Waals surface area contributed by atoms with Crippen LogP contribution in [0.3, 0.4) is 0 Å². The molecule has 0 aliphatic heterocycles. The van der Waals surface area contributed by atoms with Crippen LogP contribution < -0.4 is 10.8 Å². The average molecular weight is 219 g/mol. The second-order valence-corrected chi connectivity index (χ2v) is 4.50. The third-order valence-corrected chi connectivity index (χ3v) is 1.93. The van der Waals surface area contributed by atoms with Crippen LogP contribution in [0.5, 0.6) is 0 Å². The maximum Gasteiger partial charge on any atom is 0.182 e. The van der Waals surface area contributed by atoms with E-state index < -0.39 is 6.23 Å². The van der Waals surface area contributed by atoms with Crippen LogP contribution in [0, 0.1) is 5.92 Å². The second-order valence-electron chi connectivity index (χ2n) is 4.50. The number of hydrogen-bond donors (Lipinski definition) is 2. The highest BCUT2D eigenvalue weighted by molar-refractivity contribution is 4.47. The van der Waals surface area contributed by atoms with Crippen molar-refractivity contribution in [2.75, 3.05) is 6.61 Å². The maximum atomic E-state index is 10.1. The van der Waals surface area contributed by atoms with Crippen LogP contribution >= 0.6 is 0 Å². The molecule has 3 heteroatoms. The molecule has 0 aliphatic carbocycles. The predicted molar refractivity (Wildman–Crippen MR) is 62.0 cm³/mol. The van der Waals surface area contributed by atoms with Crippen molar-refractivity contribution < 1.29 is 15.9 Å². The molecule has 0 heterocycles. The third kappa shape index (κ3) is 31.5. The van der Waals surface area contributed by atoms with Crippen molar-refractivity contribution in [1.82, 2.24) is 0 Å². The minimum Gasteiger partial charge on any atom is -0.854 e. The smallest absolute Gasteiger partial charge is 0.182 e. The Kier molecular flexibility index (Phi) is 16.0. The summed E-state index contributed by atoms with van der Waals surface area (Å²) in [6, 6.07) is 0. The van der Waals surface area contributed by atoms with Crippen molar-refractivity contribution in [2.24, 2.45) is 5.92 Å². The highest BCUT2D eigenvalue weighted by Gasteiger charge is 1.93. The summed E-state index contributed by atoms with van der Waals surface area (Å²) in [7, 11) is 0. The SMILES string of the molecule is CC(C)CCCCCCC[O-].CC([NH3+])O. The Morgan fingerprint density at radius 3 is 1.80 bits per heavy atom. The molecular formula is C12H29NO2. The highest BCUT2D eigenvalue weighted by Crippen LogP contribution is 2.09. The van der Waals surface area contributed by atoms with E-state index in [9.17, 15) is 5.11 Å². The standard InChI is InChI=1S/C10H21O.C2H7NO/c1-10(2)8-6-4-3-5-7-9-11;1-2(3)4/h10H,3-9H2,1-2H3;2,4H,3H2,1H3/q-1;/p+1. The molecule has 0 saturated carbocycles. The molecule has 0 amide bonds. The first-order valence-electron chi connectivity index (χ1n) is 6.10. The molecule has 0 fully saturated rings. The third-order valence-electron chi connectivity index (χ3n) is 1.93. The molecule has 3 nitrogen and oxygen atoms in total. The van der Waals surface area contributed by atoms with Crippen LogP contribution in [0.1, 0.15) is 59.3 Å². The lowest BCUT2D eigenvalue weighted by atomic mass is 10.0. The zero-order valence-electron chi connectivity index (χ0n) is 10.7. The number of aliphatic hydroxyl groups is 1. The molecule has 1 unspecified atom stereocenters. The molecule has 0 rings (SSSR count). The van der Waals surface area contributed by atoms with Gasteiger partial charge in [-0.05, 0) is 5.92 Å². The zero-order valence-corrected chi connectivity index (χ0v) is 10.7. The van der Waals surface area contributed by atoms with E-state index in [4.69, 9.17) is 5.11 Å². The first-order chi connectivity index (χ1) is 7.00. The van der Waals surface area contributed by atoms with Crippen LogP contribution in [0.25, 0.3) is 0 Å².